The second-order valence-electron chi connectivity index (χ2n) is 4.79. The highest BCUT2D eigenvalue weighted by Crippen LogP contribution is 2.30. The molecule has 1 N–H and O–H groups in total. The van der Waals surface area contributed by atoms with Crippen molar-refractivity contribution in [2.45, 2.75) is 6.18 Å². The fourth-order valence-corrected chi connectivity index (χ4v) is 1.88. The van der Waals surface area contributed by atoms with Crippen LogP contribution in [-0.2, 0) is 15.7 Å². The summed E-state index contributed by atoms with van der Waals surface area (Å²) in [5, 5.41) is 6.17. The van der Waals surface area contributed by atoms with Crippen molar-refractivity contribution in [1.82, 2.24) is 15.1 Å². The van der Waals surface area contributed by atoms with Gasteiger partial charge in [0.1, 0.15) is 0 Å². The van der Waals surface area contributed by atoms with Crippen LogP contribution in [0.4, 0.5) is 13.2 Å². The predicted octanol–water partition coefficient (Wildman–Crippen LogP) is 1.80. The van der Waals surface area contributed by atoms with Crippen molar-refractivity contribution >= 4 is 11.9 Å². The van der Waals surface area contributed by atoms with Gasteiger partial charge in [-0.3, -0.25) is 4.79 Å². The number of ether oxygens (including phenoxy) is 2. The zero-order chi connectivity index (χ0) is 18.6. The number of esters is 1. The molecule has 2 aromatic rings. The minimum atomic E-state index is -4.51. The first-order chi connectivity index (χ1) is 11.8. The molecule has 0 atom stereocenters. The number of carbonyl (C=O) groups excluding carboxylic acids is 2. The Hall–Kier alpha value is -3.04. The van der Waals surface area contributed by atoms with Crippen LogP contribution in [0.2, 0.25) is 0 Å². The number of hydrogen-bond donors (Lipinski definition) is 1. The van der Waals surface area contributed by atoms with E-state index >= 15 is 0 Å². The van der Waals surface area contributed by atoms with Crippen molar-refractivity contribution in [2.24, 2.45) is 0 Å². The summed E-state index contributed by atoms with van der Waals surface area (Å²) in [5.74, 6) is -1.46. The van der Waals surface area contributed by atoms with Crippen LogP contribution < -0.4 is 10.1 Å². The first kappa shape index (κ1) is 18.3. The SMILES string of the molecule is CNC(=O)COC(=O)c1nn(-c2cccc(C(F)(F)F)c2)cc1OC. The van der Waals surface area contributed by atoms with Crippen molar-refractivity contribution in [3.63, 3.8) is 0 Å². The first-order valence-electron chi connectivity index (χ1n) is 6.95. The smallest absolute Gasteiger partial charge is 0.416 e. The lowest BCUT2D eigenvalue weighted by Gasteiger charge is -2.08. The largest absolute Gasteiger partial charge is 0.493 e. The molecule has 1 amide bonds. The minimum absolute atomic E-state index is 0.000631. The highest BCUT2D eigenvalue weighted by Gasteiger charge is 2.31. The Balaban J connectivity index is 2.31. The van der Waals surface area contributed by atoms with Crippen LogP contribution in [0.5, 0.6) is 5.75 Å². The van der Waals surface area contributed by atoms with E-state index in [1.54, 1.807) is 0 Å². The van der Waals surface area contributed by atoms with Crippen molar-refractivity contribution < 1.29 is 32.2 Å². The molecule has 0 aliphatic heterocycles. The Bertz CT molecular complexity index is 787. The van der Waals surface area contributed by atoms with Gasteiger partial charge in [-0.05, 0) is 18.2 Å². The number of halogens is 3. The summed E-state index contributed by atoms with van der Waals surface area (Å²) in [4.78, 5) is 23.1. The van der Waals surface area contributed by atoms with E-state index in [9.17, 15) is 22.8 Å². The Labute approximate surface area is 140 Å². The van der Waals surface area contributed by atoms with Crippen molar-refractivity contribution in [2.75, 3.05) is 20.8 Å². The minimum Gasteiger partial charge on any atom is -0.493 e. The molecule has 0 radical (unpaired) electrons. The number of nitrogens with zero attached hydrogens (tertiary/aromatic N) is 2. The average molecular weight is 357 g/mol. The molecule has 0 aliphatic rings. The average Bonchev–Trinajstić information content (AvgIpc) is 3.03. The molecule has 7 nitrogen and oxygen atoms in total. The van der Waals surface area contributed by atoms with Gasteiger partial charge in [-0.25, -0.2) is 9.48 Å². The van der Waals surface area contributed by atoms with Gasteiger partial charge in [0.25, 0.3) is 5.91 Å². The van der Waals surface area contributed by atoms with Gasteiger partial charge in [0.05, 0.1) is 24.6 Å². The van der Waals surface area contributed by atoms with E-state index in [0.717, 1.165) is 16.8 Å². The highest BCUT2D eigenvalue weighted by atomic mass is 19.4. The van der Waals surface area contributed by atoms with E-state index < -0.39 is 30.2 Å². The molecule has 25 heavy (non-hydrogen) atoms. The van der Waals surface area contributed by atoms with Crippen LogP contribution in [0, 0.1) is 0 Å². The maximum Gasteiger partial charge on any atom is 0.416 e. The third kappa shape index (κ3) is 4.28. The summed E-state index contributed by atoms with van der Waals surface area (Å²) in [7, 11) is 2.64. The van der Waals surface area contributed by atoms with Crippen molar-refractivity contribution in [3.8, 4) is 11.4 Å². The maximum atomic E-state index is 12.8. The van der Waals surface area contributed by atoms with Crippen LogP contribution in [0.25, 0.3) is 5.69 Å². The fourth-order valence-electron chi connectivity index (χ4n) is 1.88. The number of carbonyl (C=O) groups is 2. The normalized spacial score (nSPS) is 11.1. The lowest BCUT2D eigenvalue weighted by atomic mass is 10.2. The molecule has 134 valence electrons. The summed E-state index contributed by atoms with van der Waals surface area (Å²) in [5.41, 5.74) is -1.04. The predicted molar refractivity (Wildman–Crippen MR) is 79.5 cm³/mol. The van der Waals surface area contributed by atoms with Crippen LogP contribution >= 0.6 is 0 Å². The molecule has 2 rings (SSSR count). The Morgan fingerprint density at radius 2 is 2.04 bits per heavy atom. The second kappa shape index (κ2) is 7.24. The number of aromatic nitrogens is 2. The van der Waals surface area contributed by atoms with E-state index in [2.05, 4.69) is 10.4 Å². The highest BCUT2D eigenvalue weighted by molar-refractivity contribution is 5.92. The van der Waals surface area contributed by atoms with Gasteiger partial charge in [0, 0.05) is 7.05 Å². The lowest BCUT2D eigenvalue weighted by molar-refractivity contribution is -0.137. The number of alkyl halides is 3. The molecule has 0 spiro atoms. The molecular formula is C15H14F3N3O4. The maximum absolute atomic E-state index is 12.8. The molecule has 0 saturated heterocycles. The second-order valence-corrected chi connectivity index (χ2v) is 4.79. The van der Waals surface area contributed by atoms with Crippen LogP contribution in [0.1, 0.15) is 16.1 Å². The monoisotopic (exact) mass is 357 g/mol. The quantitative estimate of drug-likeness (QED) is 0.825. The number of rotatable bonds is 5. The van der Waals surface area contributed by atoms with E-state index in [-0.39, 0.29) is 17.1 Å². The summed E-state index contributed by atoms with van der Waals surface area (Å²) >= 11 is 0. The van der Waals surface area contributed by atoms with Gasteiger partial charge < -0.3 is 14.8 Å². The Morgan fingerprint density at radius 1 is 1.32 bits per heavy atom. The van der Waals surface area contributed by atoms with Crippen molar-refractivity contribution in [3.05, 3.63) is 41.7 Å². The van der Waals surface area contributed by atoms with Crippen LogP contribution in [0.3, 0.4) is 0 Å². The first-order valence-corrected chi connectivity index (χ1v) is 6.95. The number of likely N-dealkylation sites (N-methyl/N-ethyl adjacent to an activating group) is 1. The molecule has 10 heteroatoms. The standard InChI is InChI=1S/C15H14F3N3O4/c1-19-12(22)8-25-14(23)13-11(24-2)7-21(20-13)10-5-3-4-9(6-10)15(16,17)18/h3-7H,8H2,1-2H3,(H,19,22). The summed E-state index contributed by atoms with van der Waals surface area (Å²) in [6.07, 6.45) is -3.27. The number of amides is 1. The molecule has 1 heterocycles. The summed E-state index contributed by atoms with van der Waals surface area (Å²) in [6, 6.07) is 4.41. The number of benzene rings is 1. The van der Waals surface area contributed by atoms with Gasteiger partial charge in [-0.15, -0.1) is 0 Å². The van der Waals surface area contributed by atoms with Gasteiger partial charge in [0.2, 0.25) is 5.69 Å². The molecular weight excluding hydrogens is 343 g/mol. The third-order valence-corrected chi connectivity index (χ3v) is 3.15. The topological polar surface area (TPSA) is 82.5 Å². The Kier molecular flexibility index (Phi) is 5.30. The van der Waals surface area contributed by atoms with Gasteiger partial charge in [-0.2, -0.15) is 18.3 Å². The number of methoxy groups -OCH3 is 1. The van der Waals surface area contributed by atoms with Gasteiger partial charge >= 0.3 is 12.1 Å². The van der Waals surface area contributed by atoms with Crippen LogP contribution in [-0.4, -0.2) is 42.4 Å². The Morgan fingerprint density at radius 3 is 2.64 bits per heavy atom. The molecule has 0 fully saturated rings. The van der Waals surface area contributed by atoms with E-state index in [1.807, 2.05) is 0 Å². The van der Waals surface area contributed by atoms with E-state index in [1.165, 1.54) is 32.5 Å². The van der Waals surface area contributed by atoms with Crippen LogP contribution in [0.15, 0.2) is 30.5 Å². The third-order valence-electron chi connectivity index (χ3n) is 3.15. The lowest BCUT2D eigenvalue weighted by Crippen LogP contribution is -2.25. The summed E-state index contributed by atoms with van der Waals surface area (Å²) < 4.78 is 49.2. The molecule has 0 saturated carbocycles. The number of nitrogens with one attached hydrogen (secondary N) is 1. The van der Waals surface area contributed by atoms with Gasteiger partial charge in [0.15, 0.2) is 12.4 Å². The molecule has 0 bridgehead atoms. The molecule has 0 aliphatic carbocycles. The zero-order valence-corrected chi connectivity index (χ0v) is 13.3. The zero-order valence-electron chi connectivity index (χ0n) is 13.3. The summed E-state index contributed by atoms with van der Waals surface area (Å²) in [6.45, 7) is -0.519. The number of hydrogen-bond acceptors (Lipinski definition) is 5. The van der Waals surface area contributed by atoms with Crippen molar-refractivity contribution in [1.29, 1.82) is 0 Å². The molecule has 1 aromatic heterocycles. The van der Waals surface area contributed by atoms with Gasteiger partial charge in [-0.1, -0.05) is 6.07 Å². The molecule has 0 unspecified atom stereocenters. The van der Waals surface area contributed by atoms with E-state index in [4.69, 9.17) is 9.47 Å². The molecule has 1 aromatic carbocycles. The fraction of sp³-hybridized carbons (Fsp3) is 0.267. The van der Waals surface area contributed by atoms with E-state index in [0.29, 0.717) is 0 Å².